The Hall–Kier alpha value is -1.77. The van der Waals surface area contributed by atoms with Crippen LogP contribution in [0.2, 0.25) is 0 Å². The maximum Gasteiger partial charge on any atom is 0.453 e. The van der Waals surface area contributed by atoms with Crippen LogP contribution in [0, 0.1) is 0 Å². The molecule has 2 aromatic rings. The van der Waals surface area contributed by atoms with Gasteiger partial charge in [0.05, 0.1) is 12.7 Å². The van der Waals surface area contributed by atoms with Crippen LogP contribution in [-0.4, -0.2) is 14.0 Å². The van der Waals surface area contributed by atoms with E-state index in [1.54, 1.807) is 0 Å². The lowest BCUT2D eigenvalue weighted by Gasteiger charge is -2.26. The molecule has 0 N–H and O–H groups in total. The lowest BCUT2D eigenvalue weighted by atomic mass is 9.74. The van der Waals surface area contributed by atoms with Crippen molar-refractivity contribution in [2.45, 2.75) is 12.4 Å². The highest BCUT2D eigenvalue weighted by molar-refractivity contribution is 6.30. The number of fused-ring (bicyclic) bond motifs is 5. The van der Waals surface area contributed by atoms with Crippen LogP contribution in [0.5, 0.6) is 0 Å². The Morgan fingerprint density at radius 1 is 1.12 bits per heavy atom. The highest BCUT2D eigenvalue weighted by atomic mass is 15.3. The van der Waals surface area contributed by atoms with Crippen molar-refractivity contribution in [2.24, 2.45) is 0 Å². The summed E-state index contributed by atoms with van der Waals surface area (Å²) < 4.78 is 2.24. The number of pyridine rings is 1. The van der Waals surface area contributed by atoms with Crippen molar-refractivity contribution < 1.29 is 4.48 Å². The van der Waals surface area contributed by atoms with E-state index in [4.69, 9.17) is 0 Å². The zero-order valence-corrected chi connectivity index (χ0v) is 9.58. The monoisotopic (exact) mass is 220 g/mol. The van der Waals surface area contributed by atoms with Gasteiger partial charge < -0.3 is 0 Å². The lowest BCUT2D eigenvalue weighted by molar-refractivity contribution is -0.509. The molecule has 0 spiro atoms. The molecule has 2 aliphatic heterocycles. The van der Waals surface area contributed by atoms with Crippen LogP contribution >= 0.6 is 0 Å². The van der Waals surface area contributed by atoms with Crippen LogP contribution in [0.4, 0.5) is 5.82 Å². The third kappa shape index (κ3) is 1.25. The van der Waals surface area contributed by atoms with E-state index in [1.807, 2.05) is 0 Å². The first-order valence-corrected chi connectivity index (χ1v) is 6.13. The molecule has 0 saturated carbocycles. The van der Waals surface area contributed by atoms with Gasteiger partial charge in [0.2, 0.25) is 0 Å². The summed E-state index contributed by atoms with van der Waals surface area (Å²) in [6.45, 7) is 1.11. The molecule has 81 valence electrons. The normalized spacial score (nSPS) is 20.2. The number of hydrogen-bond acceptors (Lipinski definition) is 1. The Labute approximate surface area is 102 Å². The van der Waals surface area contributed by atoms with Crippen molar-refractivity contribution in [3.8, 4) is 0 Å². The van der Waals surface area contributed by atoms with E-state index in [2.05, 4.69) is 65.5 Å². The fourth-order valence-corrected chi connectivity index (χ4v) is 2.98. The minimum Gasteiger partial charge on any atom is -0.296 e. The van der Waals surface area contributed by atoms with E-state index in [0.29, 0.717) is 5.94 Å². The van der Waals surface area contributed by atoms with E-state index in [0.717, 1.165) is 13.0 Å². The number of rotatable bonds is 0. The highest BCUT2D eigenvalue weighted by Crippen LogP contribution is 2.33. The first-order valence-electron chi connectivity index (χ1n) is 6.13. The van der Waals surface area contributed by atoms with Gasteiger partial charge in [-0.3, -0.25) is 9.38 Å². The molecular weight excluding hydrogens is 207 g/mol. The maximum atomic E-state index is 2.49. The van der Waals surface area contributed by atoms with Gasteiger partial charge in [-0.1, -0.05) is 30.3 Å². The van der Waals surface area contributed by atoms with Crippen molar-refractivity contribution in [1.29, 1.82) is 0 Å². The number of hydrogen-bond donors (Lipinski definition) is 0. The Balaban J connectivity index is 1.85. The van der Waals surface area contributed by atoms with Gasteiger partial charge >= 0.3 is 7.41 Å². The Bertz CT molecular complexity index is 582. The van der Waals surface area contributed by atoms with Crippen molar-refractivity contribution in [3.63, 3.8) is 0 Å². The summed E-state index contributed by atoms with van der Waals surface area (Å²) in [6, 6.07) is 15.2. The number of nitrogens with zero attached hydrogens (tertiary/aromatic N) is 2. The summed E-state index contributed by atoms with van der Waals surface area (Å²) in [5.74, 6) is 1.73. The topological polar surface area (TPSA) is 7.12 Å². The van der Waals surface area contributed by atoms with Gasteiger partial charge in [0.15, 0.2) is 0 Å². The molecule has 3 heterocycles. The van der Waals surface area contributed by atoms with Crippen molar-refractivity contribution >= 4 is 13.2 Å². The second kappa shape index (κ2) is 3.36. The summed E-state index contributed by atoms with van der Waals surface area (Å²) in [5, 5.41) is 0. The van der Waals surface area contributed by atoms with Gasteiger partial charge in [-0.05, 0) is 17.2 Å². The Morgan fingerprint density at radius 2 is 2.00 bits per heavy atom. The molecule has 0 amide bonds. The summed E-state index contributed by atoms with van der Waals surface area (Å²) in [5.41, 5.74) is 2.96. The number of anilines is 1. The van der Waals surface area contributed by atoms with Crippen LogP contribution in [0.3, 0.4) is 0 Å². The van der Waals surface area contributed by atoms with Crippen molar-refractivity contribution in [1.82, 2.24) is 0 Å². The molecular formula is C14H13BN2+. The molecule has 1 aromatic carbocycles. The van der Waals surface area contributed by atoms with Gasteiger partial charge in [0.25, 0.3) is 5.82 Å². The largest absolute Gasteiger partial charge is 0.453 e. The molecule has 1 aromatic heterocycles. The lowest BCUT2D eigenvalue weighted by Crippen LogP contribution is -2.38. The molecule has 0 bridgehead atoms. The zero-order chi connectivity index (χ0) is 11.2. The number of benzene rings is 1. The minimum absolute atomic E-state index is 0.419. The van der Waals surface area contributed by atoms with E-state index in [-0.39, 0.29) is 0 Å². The van der Waals surface area contributed by atoms with Crippen LogP contribution in [-0.2, 0) is 6.42 Å². The minimum atomic E-state index is 0.419. The second-order valence-electron chi connectivity index (χ2n) is 4.70. The van der Waals surface area contributed by atoms with Crippen molar-refractivity contribution in [2.75, 3.05) is 11.4 Å². The molecule has 1 unspecified atom stereocenters. The third-order valence-corrected chi connectivity index (χ3v) is 3.80. The van der Waals surface area contributed by atoms with Crippen LogP contribution < -0.4 is 9.38 Å². The van der Waals surface area contributed by atoms with Crippen LogP contribution in [0.15, 0.2) is 48.7 Å². The van der Waals surface area contributed by atoms with Crippen LogP contribution in [0.1, 0.15) is 17.1 Å². The molecule has 2 aliphatic rings. The molecule has 1 radical (unpaired) electrons. The van der Waals surface area contributed by atoms with Gasteiger partial charge in [-0.25, -0.2) is 0 Å². The van der Waals surface area contributed by atoms with E-state index < -0.39 is 0 Å². The summed E-state index contributed by atoms with van der Waals surface area (Å²) in [6.07, 6.45) is 3.28. The van der Waals surface area contributed by atoms with Gasteiger partial charge in [-0.2, -0.15) is 0 Å². The quantitative estimate of drug-likeness (QED) is 0.610. The molecule has 0 fully saturated rings. The molecule has 0 aliphatic carbocycles. The molecule has 3 heteroatoms. The standard InChI is InChI=1S/C14H13BN2/c1-2-6-12-11(5-1)8-10-16-13-7-3-4-9-17(13)15-14(12)16/h1-7,9,14H,8,10H2/q+1. The SMILES string of the molecule is [B]1C2c3ccccc3CCN2c2cccc[n+]21. The van der Waals surface area contributed by atoms with E-state index in [1.165, 1.54) is 16.9 Å². The third-order valence-electron chi connectivity index (χ3n) is 3.80. The van der Waals surface area contributed by atoms with Gasteiger partial charge in [0.1, 0.15) is 5.94 Å². The smallest absolute Gasteiger partial charge is 0.296 e. The first kappa shape index (κ1) is 9.28. The van der Waals surface area contributed by atoms with E-state index >= 15 is 0 Å². The summed E-state index contributed by atoms with van der Waals surface area (Å²) >= 11 is 0. The predicted molar refractivity (Wildman–Crippen MR) is 68.0 cm³/mol. The zero-order valence-electron chi connectivity index (χ0n) is 9.58. The van der Waals surface area contributed by atoms with Crippen LogP contribution in [0.25, 0.3) is 0 Å². The first-order chi connectivity index (χ1) is 8.43. The van der Waals surface area contributed by atoms with Crippen molar-refractivity contribution in [3.05, 3.63) is 59.8 Å². The number of aromatic nitrogens is 1. The highest BCUT2D eigenvalue weighted by Gasteiger charge is 2.43. The molecule has 2 nitrogen and oxygen atoms in total. The molecule has 17 heavy (non-hydrogen) atoms. The average Bonchev–Trinajstić information content (AvgIpc) is 2.78. The fourth-order valence-electron chi connectivity index (χ4n) is 2.98. The molecule has 1 atom stereocenters. The van der Waals surface area contributed by atoms with Gasteiger partial charge in [-0.15, -0.1) is 0 Å². The average molecular weight is 220 g/mol. The Kier molecular flexibility index (Phi) is 1.84. The van der Waals surface area contributed by atoms with E-state index in [9.17, 15) is 0 Å². The molecule has 0 saturated heterocycles. The Morgan fingerprint density at radius 3 is 3.00 bits per heavy atom. The van der Waals surface area contributed by atoms with Gasteiger partial charge in [0, 0.05) is 12.5 Å². The predicted octanol–water partition coefficient (Wildman–Crippen LogP) is 1.52. The molecule has 4 rings (SSSR count). The maximum absolute atomic E-state index is 2.49. The summed E-state index contributed by atoms with van der Waals surface area (Å²) in [4.78, 5) is 2.49. The fraction of sp³-hybridized carbons (Fsp3) is 0.214. The second-order valence-corrected chi connectivity index (χ2v) is 4.70. The summed E-state index contributed by atoms with van der Waals surface area (Å²) in [7, 11) is 2.31.